The van der Waals surface area contributed by atoms with Crippen LogP contribution in [0.4, 0.5) is 0 Å². The van der Waals surface area contributed by atoms with E-state index in [1.807, 2.05) is 13.8 Å². The molecule has 1 aromatic rings. The number of hydrogen-bond donors (Lipinski definition) is 2. The van der Waals surface area contributed by atoms with E-state index in [-0.39, 0.29) is 23.9 Å². The number of hydrogen-bond acceptors (Lipinski definition) is 4. The first-order valence-electron chi connectivity index (χ1n) is 12.1. The van der Waals surface area contributed by atoms with Crippen LogP contribution in [0.2, 0.25) is 0 Å². The highest BCUT2D eigenvalue weighted by molar-refractivity contribution is 5.81. The van der Waals surface area contributed by atoms with E-state index >= 15 is 0 Å². The van der Waals surface area contributed by atoms with Gasteiger partial charge in [-0.2, -0.15) is 0 Å². The van der Waals surface area contributed by atoms with Crippen molar-refractivity contribution in [3.05, 3.63) is 35.9 Å². The number of carbonyl (C=O) groups excluding carboxylic acids is 2. The van der Waals surface area contributed by atoms with Gasteiger partial charge in [0.05, 0.1) is 6.04 Å². The van der Waals surface area contributed by atoms with Crippen molar-refractivity contribution >= 4 is 11.8 Å². The van der Waals surface area contributed by atoms with Gasteiger partial charge in [-0.05, 0) is 57.1 Å². The summed E-state index contributed by atoms with van der Waals surface area (Å²) in [6.45, 7) is 9.66. The van der Waals surface area contributed by atoms with E-state index in [1.165, 1.54) is 5.56 Å². The summed E-state index contributed by atoms with van der Waals surface area (Å²) in [5, 5.41) is 6.36. The minimum absolute atomic E-state index is 0.114. The SMILES string of the molecule is CCCC(=O)NCC1CCCN(C(C)C(=O)NC2CCN(Cc3ccccc3)CC2)C1. The Morgan fingerprint density at radius 1 is 1.10 bits per heavy atom. The van der Waals surface area contributed by atoms with Crippen LogP contribution in [0.15, 0.2) is 30.3 Å². The van der Waals surface area contributed by atoms with Crippen LogP contribution < -0.4 is 10.6 Å². The van der Waals surface area contributed by atoms with E-state index in [0.717, 1.165) is 71.4 Å². The molecule has 6 heteroatoms. The predicted molar refractivity (Wildman–Crippen MR) is 125 cm³/mol. The van der Waals surface area contributed by atoms with E-state index in [1.54, 1.807) is 0 Å². The minimum Gasteiger partial charge on any atom is -0.356 e. The average molecular weight is 429 g/mol. The van der Waals surface area contributed by atoms with Crippen LogP contribution in [0.1, 0.15) is 57.9 Å². The maximum Gasteiger partial charge on any atom is 0.237 e. The lowest BCUT2D eigenvalue weighted by atomic mass is 9.96. The summed E-state index contributed by atoms with van der Waals surface area (Å²) < 4.78 is 0. The van der Waals surface area contributed by atoms with E-state index in [9.17, 15) is 9.59 Å². The Hall–Kier alpha value is -1.92. The molecule has 2 saturated heterocycles. The van der Waals surface area contributed by atoms with Crippen LogP contribution in [0.3, 0.4) is 0 Å². The molecule has 0 radical (unpaired) electrons. The summed E-state index contributed by atoms with van der Waals surface area (Å²) in [6, 6.07) is 10.8. The number of benzene rings is 1. The largest absolute Gasteiger partial charge is 0.356 e. The van der Waals surface area contributed by atoms with E-state index in [2.05, 4.69) is 50.8 Å². The highest BCUT2D eigenvalue weighted by atomic mass is 16.2. The lowest BCUT2D eigenvalue weighted by Crippen LogP contribution is -2.53. The molecule has 2 atom stereocenters. The molecule has 2 aliphatic heterocycles. The molecule has 2 N–H and O–H groups in total. The third-order valence-corrected chi connectivity index (χ3v) is 6.73. The van der Waals surface area contributed by atoms with Crippen molar-refractivity contribution in [2.45, 2.75) is 71.0 Å². The van der Waals surface area contributed by atoms with Gasteiger partial charge in [-0.1, -0.05) is 37.3 Å². The molecule has 0 aromatic heterocycles. The Bertz CT molecular complexity index is 688. The first kappa shape index (κ1) is 23.7. The quantitative estimate of drug-likeness (QED) is 0.635. The van der Waals surface area contributed by atoms with Crippen molar-refractivity contribution in [2.24, 2.45) is 5.92 Å². The summed E-state index contributed by atoms with van der Waals surface area (Å²) in [5.74, 6) is 0.729. The number of nitrogens with zero attached hydrogens (tertiary/aromatic N) is 2. The molecule has 3 rings (SSSR count). The molecule has 31 heavy (non-hydrogen) atoms. The lowest BCUT2D eigenvalue weighted by Gasteiger charge is -2.37. The Labute approximate surface area is 187 Å². The Balaban J connectivity index is 1.38. The van der Waals surface area contributed by atoms with Crippen molar-refractivity contribution in [3.8, 4) is 0 Å². The zero-order valence-corrected chi connectivity index (χ0v) is 19.3. The third kappa shape index (κ3) is 7.62. The molecule has 1 aromatic carbocycles. The van der Waals surface area contributed by atoms with Crippen molar-refractivity contribution in [1.29, 1.82) is 0 Å². The number of amides is 2. The first-order chi connectivity index (χ1) is 15.0. The number of likely N-dealkylation sites (tertiary alicyclic amines) is 2. The normalized spacial score (nSPS) is 22.1. The van der Waals surface area contributed by atoms with Gasteiger partial charge in [0.1, 0.15) is 0 Å². The second-order valence-corrected chi connectivity index (χ2v) is 9.28. The van der Waals surface area contributed by atoms with Gasteiger partial charge in [0.15, 0.2) is 0 Å². The van der Waals surface area contributed by atoms with Crippen molar-refractivity contribution < 1.29 is 9.59 Å². The molecule has 0 spiro atoms. The highest BCUT2D eigenvalue weighted by Gasteiger charge is 2.29. The van der Waals surface area contributed by atoms with Gasteiger partial charge in [0.2, 0.25) is 11.8 Å². The summed E-state index contributed by atoms with van der Waals surface area (Å²) >= 11 is 0. The molecule has 0 saturated carbocycles. The summed E-state index contributed by atoms with van der Waals surface area (Å²) in [5.41, 5.74) is 1.35. The van der Waals surface area contributed by atoms with E-state index in [4.69, 9.17) is 0 Å². The van der Waals surface area contributed by atoms with Gasteiger partial charge in [0.25, 0.3) is 0 Å². The maximum atomic E-state index is 12.9. The molecule has 2 aliphatic rings. The third-order valence-electron chi connectivity index (χ3n) is 6.73. The molecule has 6 nitrogen and oxygen atoms in total. The molecule has 2 heterocycles. The molecule has 0 aliphatic carbocycles. The van der Waals surface area contributed by atoms with Gasteiger partial charge < -0.3 is 10.6 Å². The van der Waals surface area contributed by atoms with E-state index < -0.39 is 0 Å². The zero-order chi connectivity index (χ0) is 22.1. The number of rotatable bonds is 9. The summed E-state index contributed by atoms with van der Waals surface area (Å²) in [6.07, 6.45) is 5.71. The molecular formula is C25H40N4O2. The molecule has 2 fully saturated rings. The molecule has 2 unspecified atom stereocenters. The fraction of sp³-hybridized carbons (Fsp3) is 0.680. The van der Waals surface area contributed by atoms with Gasteiger partial charge in [-0.15, -0.1) is 0 Å². The fourth-order valence-electron chi connectivity index (χ4n) is 4.75. The summed E-state index contributed by atoms with van der Waals surface area (Å²) in [4.78, 5) is 29.4. The monoisotopic (exact) mass is 428 g/mol. The number of carbonyl (C=O) groups is 2. The Morgan fingerprint density at radius 3 is 2.55 bits per heavy atom. The topological polar surface area (TPSA) is 64.7 Å². The van der Waals surface area contributed by atoms with Crippen LogP contribution in [0, 0.1) is 5.92 Å². The van der Waals surface area contributed by atoms with Gasteiger partial charge in [-0.25, -0.2) is 0 Å². The Kier molecular flexibility index (Phi) is 9.34. The highest BCUT2D eigenvalue weighted by Crippen LogP contribution is 2.19. The molecule has 0 bridgehead atoms. The zero-order valence-electron chi connectivity index (χ0n) is 19.3. The van der Waals surface area contributed by atoms with E-state index in [0.29, 0.717) is 12.3 Å². The second kappa shape index (κ2) is 12.2. The van der Waals surface area contributed by atoms with Crippen molar-refractivity contribution in [2.75, 3.05) is 32.7 Å². The van der Waals surface area contributed by atoms with Crippen LogP contribution >= 0.6 is 0 Å². The smallest absolute Gasteiger partial charge is 0.237 e. The number of nitrogens with one attached hydrogen (secondary N) is 2. The standard InChI is InChI=1S/C25H40N4O2/c1-3-8-24(30)26-17-22-11-7-14-29(19-22)20(2)25(31)27-23-12-15-28(16-13-23)18-21-9-5-4-6-10-21/h4-6,9-10,20,22-23H,3,7-8,11-19H2,1-2H3,(H,26,30)(H,27,31). The lowest BCUT2D eigenvalue weighted by molar-refractivity contribution is -0.128. The Morgan fingerprint density at radius 2 is 1.84 bits per heavy atom. The van der Waals surface area contributed by atoms with Crippen LogP contribution in [-0.2, 0) is 16.1 Å². The predicted octanol–water partition coefficient (Wildman–Crippen LogP) is 2.78. The average Bonchev–Trinajstić information content (AvgIpc) is 2.79. The van der Waals surface area contributed by atoms with Crippen molar-refractivity contribution in [1.82, 2.24) is 20.4 Å². The van der Waals surface area contributed by atoms with Gasteiger partial charge in [-0.3, -0.25) is 19.4 Å². The van der Waals surface area contributed by atoms with Gasteiger partial charge in [0, 0.05) is 45.2 Å². The fourth-order valence-corrected chi connectivity index (χ4v) is 4.75. The second-order valence-electron chi connectivity index (χ2n) is 9.28. The summed E-state index contributed by atoms with van der Waals surface area (Å²) in [7, 11) is 0. The van der Waals surface area contributed by atoms with Gasteiger partial charge >= 0.3 is 0 Å². The van der Waals surface area contributed by atoms with Crippen LogP contribution in [-0.4, -0.2) is 66.4 Å². The first-order valence-corrected chi connectivity index (χ1v) is 12.1. The maximum absolute atomic E-state index is 12.9. The molecule has 172 valence electrons. The van der Waals surface area contributed by atoms with Crippen LogP contribution in [0.5, 0.6) is 0 Å². The molecular weight excluding hydrogens is 388 g/mol. The van der Waals surface area contributed by atoms with Crippen LogP contribution in [0.25, 0.3) is 0 Å². The van der Waals surface area contributed by atoms with Crippen molar-refractivity contribution in [3.63, 3.8) is 0 Å². The minimum atomic E-state index is -0.114. The number of piperidine rings is 2. The molecule has 2 amide bonds.